The molecule has 0 aromatic heterocycles. The zero-order chi connectivity index (χ0) is 31.7. The van der Waals surface area contributed by atoms with Gasteiger partial charge in [-0.25, -0.2) is 0 Å². The van der Waals surface area contributed by atoms with Crippen LogP contribution in [-0.4, -0.2) is 42.5 Å². The molecule has 0 saturated carbocycles. The molecular formula is C40H45N3P2. The van der Waals surface area contributed by atoms with E-state index < -0.39 is 7.92 Å². The Morgan fingerprint density at radius 3 is 1.29 bits per heavy atom. The molecular weight excluding hydrogens is 584 g/mol. The molecule has 0 aliphatic carbocycles. The van der Waals surface area contributed by atoms with Gasteiger partial charge >= 0.3 is 0 Å². The minimum Gasteiger partial charge on any atom is -0.299 e. The summed E-state index contributed by atoms with van der Waals surface area (Å²) in [6, 6.07) is 43.4. The lowest BCUT2D eigenvalue weighted by Gasteiger charge is -2.18. The third-order valence-corrected chi connectivity index (χ3v) is 12.8. The Bertz CT molecular complexity index is 1500. The van der Waals surface area contributed by atoms with Gasteiger partial charge in [-0.05, 0) is 94.6 Å². The van der Waals surface area contributed by atoms with Crippen molar-refractivity contribution in [2.24, 2.45) is 9.98 Å². The molecule has 0 amide bonds. The number of nitrogens with one attached hydrogen (secondary N) is 1. The van der Waals surface area contributed by atoms with Crippen LogP contribution in [0.2, 0.25) is 0 Å². The average Bonchev–Trinajstić information content (AvgIpc) is 3.09. The number of benzene rings is 4. The predicted molar refractivity (Wildman–Crippen MR) is 204 cm³/mol. The molecule has 4 rings (SSSR count). The van der Waals surface area contributed by atoms with E-state index in [2.05, 4.69) is 141 Å². The number of allylic oxidation sites excluding steroid dienone is 4. The minimum absolute atomic E-state index is 0.380. The van der Waals surface area contributed by atoms with Gasteiger partial charge in [0.05, 0.1) is 11.4 Å². The van der Waals surface area contributed by atoms with Gasteiger partial charge in [0, 0.05) is 18.8 Å². The SMILES string of the molecule is CC(=NCCCP(c1ccccc1)c1ccccc1)C(=N)/C=C\C=C(/C)C(C)=NCCCP(c1ccccc1)c1ccccc1. The first-order valence-electron chi connectivity index (χ1n) is 15.7. The fourth-order valence-electron chi connectivity index (χ4n) is 4.94. The Labute approximate surface area is 273 Å². The fraction of sp³-hybridized carbons (Fsp3) is 0.225. The van der Waals surface area contributed by atoms with Gasteiger partial charge in [0.1, 0.15) is 0 Å². The highest BCUT2D eigenvalue weighted by atomic mass is 31.1. The maximum absolute atomic E-state index is 8.48. The first-order chi connectivity index (χ1) is 22.0. The molecule has 0 radical (unpaired) electrons. The lowest BCUT2D eigenvalue weighted by molar-refractivity contribution is 0.939. The van der Waals surface area contributed by atoms with Crippen LogP contribution < -0.4 is 21.2 Å². The highest BCUT2D eigenvalue weighted by Crippen LogP contribution is 2.35. The van der Waals surface area contributed by atoms with Crippen LogP contribution in [0.15, 0.2) is 155 Å². The van der Waals surface area contributed by atoms with Crippen molar-refractivity contribution in [3.8, 4) is 0 Å². The van der Waals surface area contributed by atoms with E-state index in [1.54, 1.807) is 0 Å². The summed E-state index contributed by atoms with van der Waals surface area (Å²) in [6.07, 6.45) is 10.1. The number of nitrogens with zero attached hydrogens (tertiary/aromatic N) is 2. The van der Waals surface area contributed by atoms with Gasteiger partial charge < -0.3 is 0 Å². The zero-order valence-corrected chi connectivity index (χ0v) is 28.6. The van der Waals surface area contributed by atoms with Gasteiger partial charge in [0.15, 0.2) is 0 Å². The van der Waals surface area contributed by atoms with Crippen molar-refractivity contribution in [2.75, 3.05) is 25.4 Å². The van der Waals surface area contributed by atoms with E-state index in [0.29, 0.717) is 5.71 Å². The van der Waals surface area contributed by atoms with Gasteiger partial charge in [-0.15, -0.1) is 0 Å². The summed E-state index contributed by atoms with van der Waals surface area (Å²) in [7, 11) is -0.786. The standard InChI is InChI=1S/C40H45N3P2/c1-33(34(2)42-29-17-31-44(36-20-8-4-9-21-36)37-22-10-5-11-23-37)19-16-28-40(41)35(3)43-30-18-32-45(38-24-12-6-13-25-38)39-26-14-7-15-27-39/h4-16,19-28,41H,17-18,29-32H2,1-3H3/b28-16-,33-19+,41-40?,42-34?,43-35?. The molecule has 45 heavy (non-hydrogen) atoms. The Hall–Kier alpha value is -3.77. The second kappa shape index (κ2) is 18.9. The topological polar surface area (TPSA) is 48.6 Å². The summed E-state index contributed by atoms with van der Waals surface area (Å²) in [4.78, 5) is 9.61. The van der Waals surface area contributed by atoms with Gasteiger partial charge in [-0.2, -0.15) is 0 Å². The molecule has 0 saturated heterocycles. The van der Waals surface area contributed by atoms with E-state index in [0.717, 1.165) is 55.3 Å². The van der Waals surface area contributed by atoms with Gasteiger partial charge in [-0.3, -0.25) is 15.4 Å². The van der Waals surface area contributed by atoms with Crippen LogP contribution in [0, 0.1) is 5.41 Å². The smallest absolute Gasteiger partial charge is 0.0747 e. The molecule has 5 heteroatoms. The number of rotatable bonds is 16. The van der Waals surface area contributed by atoms with Gasteiger partial charge in [0.2, 0.25) is 0 Å². The van der Waals surface area contributed by atoms with Crippen molar-refractivity contribution >= 4 is 54.2 Å². The lowest BCUT2D eigenvalue weighted by atomic mass is 10.1. The summed E-state index contributed by atoms with van der Waals surface area (Å²) in [5.74, 6) is 0. The lowest BCUT2D eigenvalue weighted by Crippen LogP contribution is -2.14. The molecule has 0 aliphatic heterocycles. The van der Waals surface area contributed by atoms with Crippen molar-refractivity contribution < 1.29 is 0 Å². The molecule has 0 heterocycles. The fourth-order valence-corrected chi connectivity index (χ4v) is 9.61. The van der Waals surface area contributed by atoms with E-state index in [1.165, 1.54) is 21.2 Å². The van der Waals surface area contributed by atoms with E-state index in [9.17, 15) is 0 Å². The molecule has 3 nitrogen and oxygen atoms in total. The first kappa shape index (κ1) is 34.1. The van der Waals surface area contributed by atoms with Crippen LogP contribution in [0.3, 0.4) is 0 Å². The van der Waals surface area contributed by atoms with Gasteiger partial charge in [0.25, 0.3) is 0 Å². The van der Waals surface area contributed by atoms with Crippen molar-refractivity contribution in [2.45, 2.75) is 33.6 Å². The molecule has 4 aromatic rings. The summed E-state index contributed by atoms with van der Waals surface area (Å²) in [5.41, 5.74) is 3.41. The monoisotopic (exact) mass is 629 g/mol. The molecule has 1 N–H and O–H groups in total. The Morgan fingerprint density at radius 2 is 0.911 bits per heavy atom. The summed E-state index contributed by atoms with van der Waals surface area (Å²) < 4.78 is 0. The average molecular weight is 630 g/mol. The molecule has 0 bridgehead atoms. The molecule has 0 aliphatic rings. The molecule has 4 aromatic carbocycles. The van der Waals surface area contributed by atoms with E-state index >= 15 is 0 Å². The normalized spacial score (nSPS) is 12.8. The Balaban J connectivity index is 1.25. The van der Waals surface area contributed by atoms with Crippen LogP contribution in [0.25, 0.3) is 0 Å². The van der Waals surface area contributed by atoms with Crippen LogP contribution in [0.1, 0.15) is 33.6 Å². The largest absolute Gasteiger partial charge is 0.299 e. The van der Waals surface area contributed by atoms with Crippen molar-refractivity contribution in [3.05, 3.63) is 145 Å². The Morgan fingerprint density at radius 1 is 0.556 bits per heavy atom. The second-order valence-electron chi connectivity index (χ2n) is 10.9. The molecule has 0 fully saturated rings. The predicted octanol–water partition coefficient (Wildman–Crippen LogP) is 8.48. The van der Waals surface area contributed by atoms with E-state index in [1.807, 2.05) is 19.1 Å². The Kier molecular flexibility index (Phi) is 14.3. The molecule has 0 unspecified atom stereocenters. The first-order valence-corrected chi connectivity index (χ1v) is 18.8. The van der Waals surface area contributed by atoms with Crippen molar-refractivity contribution in [3.63, 3.8) is 0 Å². The maximum atomic E-state index is 8.48. The van der Waals surface area contributed by atoms with Crippen LogP contribution in [0.4, 0.5) is 0 Å². The van der Waals surface area contributed by atoms with Crippen molar-refractivity contribution in [1.82, 2.24) is 0 Å². The maximum Gasteiger partial charge on any atom is 0.0747 e. The summed E-state index contributed by atoms with van der Waals surface area (Å²) in [5, 5.41) is 14.1. The molecule has 0 spiro atoms. The van der Waals surface area contributed by atoms with Gasteiger partial charge in [-0.1, -0.05) is 133 Å². The third-order valence-electron chi connectivity index (χ3n) is 7.62. The van der Waals surface area contributed by atoms with E-state index in [4.69, 9.17) is 15.4 Å². The highest BCUT2D eigenvalue weighted by Gasteiger charge is 2.14. The molecule has 230 valence electrons. The summed E-state index contributed by atoms with van der Waals surface area (Å²) >= 11 is 0. The minimum atomic E-state index is -0.406. The third kappa shape index (κ3) is 11.3. The summed E-state index contributed by atoms with van der Waals surface area (Å²) in [6.45, 7) is 7.66. The second-order valence-corrected chi connectivity index (χ2v) is 15.6. The van der Waals surface area contributed by atoms with E-state index in [-0.39, 0.29) is 7.92 Å². The van der Waals surface area contributed by atoms with Crippen LogP contribution in [-0.2, 0) is 0 Å². The number of hydrogen-bond donors (Lipinski definition) is 1. The molecule has 0 atom stereocenters. The zero-order valence-electron chi connectivity index (χ0n) is 26.8. The number of aliphatic imine (C=N–C) groups is 2. The highest BCUT2D eigenvalue weighted by molar-refractivity contribution is 7.73. The quantitative estimate of drug-likeness (QED) is 0.0560. The van der Waals surface area contributed by atoms with Crippen LogP contribution >= 0.6 is 15.8 Å². The number of hydrogen-bond acceptors (Lipinski definition) is 3. The van der Waals surface area contributed by atoms with Crippen LogP contribution in [0.5, 0.6) is 0 Å². The van der Waals surface area contributed by atoms with Crippen molar-refractivity contribution in [1.29, 1.82) is 5.41 Å².